The molecule has 2 aliphatic rings. The number of ether oxygens (including phenoxy) is 1. The molecule has 1 unspecified atom stereocenters. The van der Waals surface area contributed by atoms with Gasteiger partial charge in [-0.05, 0) is 84.8 Å². The summed E-state index contributed by atoms with van der Waals surface area (Å²) in [5.41, 5.74) is 3.58. The molecule has 0 saturated carbocycles. The molecule has 4 heteroatoms. The fourth-order valence-corrected chi connectivity index (χ4v) is 5.19. The van der Waals surface area contributed by atoms with Crippen molar-refractivity contribution in [2.24, 2.45) is 4.99 Å². The molecule has 1 aliphatic carbocycles. The summed E-state index contributed by atoms with van der Waals surface area (Å²) in [5, 5.41) is 5.10. The fourth-order valence-electron chi connectivity index (χ4n) is 5.19. The highest BCUT2D eigenvalue weighted by molar-refractivity contribution is 6.10. The van der Waals surface area contributed by atoms with E-state index in [1.54, 1.807) is 6.21 Å². The summed E-state index contributed by atoms with van der Waals surface area (Å²) in [4.78, 5) is 28.0. The van der Waals surface area contributed by atoms with Gasteiger partial charge < -0.3 is 4.74 Å². The number of ketones is 1. The van der Waals surface area contributed by atoms with E-state index in [0.717, 1.165) is 36.1 Å². The van der Waals surface area contributed by atoms with Gasteiger partial charge in [-0.15, -0.1) is 0 Å². The molecule has 0 amide bonds. The number of carbonyl (C=O) groups is 2. The summed E-state index contributed by atoms with van der Waals surface area (Å²) < 4.78 is 5.68. The molecule has 1 heterocycles. The van der Waals surface area contributed by atoms with E-state index in [4.69, 9.17) is 4.74 Å². The van der Waals surface area contributed by atoms with E-state index in [1.165, 1.54) is 27.1 Å². The minimum Gasteiger partial charge on any atom is -0.459 e. The summed E-state index contributed by atoms with van der Waals surface area (Å²) >= 11 is 0. The van der Waals surface area contributed by atoms with Crippen molar-refractivity contribution in [3.05, 3.63) is 89.5 Å². The van der Waals surface area contributed by atoms with E-state index in [1.807, 2.05) is 45.0 Å². The standard InChI is InChI=1S/C23H24O2.C9H7NO/c1-23(2,3)25-22(24)21-10-6-9-17-19-12-11-15-7-4-5-8-16(15)18(19)13-14-20(17)21;11-9-5-6-10-8-4-2-1-3-7(8)9/h4-5,7-8,11-14,21H,6,9-10H2,1-3H3;1-4,6H,5H2. The largest absolute Gasteiger partial charge is 0.459 e. The van der Waals surface area contributed by atoms with Gasteiger partial charge in [0, 0.05) is 18.2 Å². The van der Waals surface area contributed by atoms with Gasteiger partial charge in [0.2, 0.25) is 0 Å². The van der Waals surface area contributed by atoms with Crippen LogP contribution in [0.15, 0.2) is 77.8 Å². The second-order valence-electron chi connectivity index (χ2n) is 10.4. The van der Waals surface area contributed by atoms with Gasteiger partial charge in [0.1, 0.15) is 5.60 Å². The highest BCUT2D eigenvalue weighted by Crippen LogP contribution is 2.39. The van der Waals surface area contributed by atoms with Gasteiger partial charge in [0.25, 0.3) is 0 Å². The molecule has 4 aromatic carbocycles. The first-order valence-corrected chi connectivity index (χ1v) is 12.6. The van der Waals surface area contributed by atoms with Crippen molar-refractivity contribution in [2.45, 2.75) is 58.0 Å². The molecule has 36 heavy (non-hydrogen) atoms. The van der Waals surface area contributed by atoms with E-state index in [2.05, 4.69) is 53.5 Å². The maximum Gasteiger partial charge on any atom is 0.313 e. The average Bonchev–Trinajstić information content (AvgIpc) is 2.87. The monoisotopic (exact) mass is 477 g/mol. The van der Waals surface area contributed by atoms with Gasteiger partial charge in [-0.3, -0.25) is 14.6 Å². The normalized spacial score (nSPS) is 16.6. The Hall–Kier alpha value is -3.79. The van der Waals surface area contributed by atoms with Crippen LogP contribution < -0.4 is 0 Å². The molecule has 0 aromatic heterocycles. The molecular formula is C32H31NO3. The van der Waals surface area contributed by atoms with E-state index >= 15 is 0 Å². The molecule has 0 N–H and O–H groups in total. The SMILES string of the molecule is CC(C)(C)OC(=O)C1CCCc2c1ccc1c2ccc2ccccc21.O=C1CC=Nc2ccccc21. The predicted octanol–water partition coefficient (Wildman–Crippen LogP) is 7.73. The number of rotatable bonds is 1. The van der Waals surface area contributed by atoms with Gasteiger partial charge in [0.05, 0.1) is 11.6 Å². The topological polar surface area (TPSA) is 55.7 Å². The third-order valence-corrected chi connectivity index (χ3v) is 6.77. The molecular weight excluding hydrogens is 446 g/mol. The third-order valence-electron chi connectivity index (χ3n) is 6.77. The molecule has 4 aromatic rings. The van der Waals surface area contributed by atoms with Crippen molar-refractivity contribution in [2.75, 3.05) is 0 Å². The van der Waals surface area contributed by atoms with Crippen LogP contribution in [-0.4, -0.2) is 23.6 Å². The Kier molecular flexibility index (Phi) is 6.44. The van der Waals surface area contributed by atoms with Crippen molar-refractivity contribution in [1.82, 2.24) is 0 Å². The lowest BCUT2D eigenvalue weighted by atomic mass is 9.80. The number of para-hydroxylation sites is 1. The van der Waals surface area contributed by atoms with Crippen LogP contribution in [0.25, 0.3) is 21.5 Å². The lowest BCUT2D eigenvalue weighted by Gasteiger charge is -2.29. The van der Waals surface area contributed by atoms with Crippen molar-refractivity contribution in [1.29, 1.82) is 0 Å². The van der Waals surface area contributed by atoms with Crippen LogP contribution in [0, 0.1) is 0 Å². The molecule has 1 aliphatic heterocycles. The Morgan fingerprint density at radius 2 is 1.64 bits per heavy atom. The number of nitrogens with zero attached hydrogens (tertiary/aromatic N) is 1. The number of benzene rings is 4. The van der Waals surface area contributed by atoms with Crippen LogP contribution in [0.3, 0.4) is 0 Å². The van der Waals surface area contributed by atoms with Crippen LogP contribution in [-0.2, 0) is 16.0 Å². The average molecular weight is 478 g/mol. The Morgan fingerprint density at radius 3 is 2.44 bits per heavy atom. The lowest BCUT2D eigenvalue weighted by molar-refractivity contribution is -0.157. The summed E-state index contributed by atoms with van der Waals surface area (Å²) in [6.45, 7) is 5.80. The number of aryl methyl sites for hydroxylation is 1. The van der Waals surface area contributed by atoms with Gasteiger partial charge in [0.15, 0.2) is 5.78 Å². The Balaban J connectivity index is 0.000000202. The first kappa shape index (κ1) is 23.9. The predicted molar refractivity (Wildman–Crippen MR) is 147 cm³/mol. The van der Waals surface area contributed by atoms with Gasteiger partial charge in [-0.1, -0.05) is 60.7 Å². The number of esters is 1. The number of aliphatic imine (C=N–C) groups is 1. The summed E-state index contributed by atoms with van der Waals surface area (Å²) in [7, 11) is 0. The molecule has 0 spiro atoms. The minimum atomic E-state index is -0.443. The van der Waals surface area contributed by atoms with Crippen LogP contribution in [0.2, 0.25) is 0 Å². The first-order chi connectivity index (χ1) is 17.3. The second-order valence-corrected chi connectivity index (χ2v) is 10.4. The van der Waals surface area contributed by atoms with E-state index in [0.29, 0.717) is 6.42 Å². The number of carbonyl (C=O) groups excluding carboxylic acids is 2. The number of hydrogen-bond acceptors (Lipinski definition) is 4. The van der Waals surface area contributed by atoms with Crippen molar-refractivity contribution >= 4 is 45.2 Å². The Bertz CT molecular complexity index is 1490. The highest BCUT2D eigenvalue weighted by Gasteiger charge is 2.31. The fraction of sp³-hybridized carbons (Fsp3) is 0.281. The van der Waals surface area contributed by atoms with E-state index in [9.17, 15) is 9.59 Å². The lowest BCUT2D eigenvalue weighted by Crippen LogP contribution is -2.29. The molecule has 0 radical (unpaired) electrons. The van der Waals surface area contributed by atoms with E-state index in [-0.39, 0.29) is 17.7 Å². The van der Waals surface area contributed by atoms with Crippen molar-refractivity contribution in [3.63, 3.8) is 0 Å². The Labute approximate surface area is 212 Å². The molecule has 0 bridgehead atoms. The van der Waals surface area contributed by atoms with Crippen LogP contribution in [0.4, 0.5) is 5.69 Å². The van der Waals surface area contributed by atoms with Gasteiger partial charge in [-0.25, -0.2) is 0 Å². The zero-order valence-electron chi connectivity index (χ0n) is 21.1. The quantitative estimate of drug-likeness (QED) is 0.208. The van der Waals surface area contributed by atoms with Gasteiger partial charge in [-0.2, -0.15) is 0 Å². The second kappa shape index (κ2) is 9.69. The number of hydrogen-bond donors (Lipinski definition) is 0. The van der Waals surface area contributed by atoms with E-state index < -0.39 is 5.60 Å². The number of fused-ring (bicyclic) bond motifs is 6. The molecule has 182 valence electrons. The maximum absolute atomic E-state index is 12.7. The zero-order valence-corrected chi connectivity index (χ0v) is 21.1. The molecule has 6 rings (SSSR count). The first-order valence-electron chi connectivity index (χ1n) is 12.6. The molecule has 0 saturated heterocycles. The smallest absolute Gasteiger partial charge is 0.313 e. The summed E-state index contributed by atoms with van der Waals surface area (Å²) in [6.07, 6.45) is 5.04. The van der Waals surface area contributed by atoms with Crippen molar-refractivity contribution in [3.8, 4) is 0 Å². The molecule has 0 fully saturated rings. The van der Waals surface area contributed by atoms with Crippen LogP contribution in [0.1, 0.15) is 67.4 Å². The minimum absolute atomic E-state index is 0.0893. The van der Waals surface area contributed by atoms with Crippen molar-refractivity contribution < 1.29 is 14.3 Å². The number of Topliss-reactive ketones (excluding diaryl/α,β-unsaturated/α-hetero) is 1. The van der Waals surface area contributed by atoms with Gasteiger partial charge >= 0.3 is 5.97 Å². The molecule has 1 atom stereocenters. The Morgan fingerprint density at radius 1 is 0.889 bits per heavy atom. The zero-order chi connectivity index (χ0) is 25.3. The van der Waals surface area contributed by atoms with Crippen LogP contribution >= 0.6 is 0 Å². The molecule has 4 nitrogen and oxygen atoms in total. The summed E-state index contributed by atoms with van der Waals surface area (Å²) in [5.74, 6) is -0.0666. The maximum atomic E-state index is 12.7. The third kappa shape index (κ3) is 4.81. The van der Waals surface area contributed by atoms with Crippen LogP contribution in [0.5, 0.6) is 0 Å². The highest BCUT2D eigenvalue weighted by atomic mass is 16.6. The summed E-state index contributed by atoms with van der Waals surface area (Å²) in [6, 6.07) is 24.6.